The summed E-state index contributed by atoms with van der Waals surface area (Å²) in [5.41, 5.74) is 1.19. The van der Waals surface area contributed by atoms with Gasteiger partial charge in [-0.1, -0.05) is 30.0 Å². The molecular formula is C26H30N4O6S2. The highest BCUT2D eigenvalue weighted by molar-refractivity contribution is 8.15. The molecule has 0 saturated carbocycles. The second-order valence-corrected chi connectivity index (χ2v) is 12.3. The third kappa shape index (κ3) is 6.26. The number of benzene rings is 2. The molecule has 0 spiro atoms. The van der Waals surface area contributed by atoms with Gasteiger partial charge in [-0.25, -0.2) is 13.4 Å². The molecule has 0 aliphatic carbocycles. The van der Waals surface area contributed by atoms with Gasteiger partial charge >= 0.3 is 0 Å². The number of aliphatic imine (C=N–C) groups is 1. The molecule has 3 heterocycles. The monoisotopic (exact) mass is 558 g/mol. The number of nitrogens with one attached hydrogen (secondary N) is 1. The number of anilines is 1. The van der Waals surface area contributed by atoms with Gasteiger partial charge in [0.1, 0.15) is 5.25 Å². The smallest absolute Gasteiger partial charge is 0.243 e. The fourth-order valence-corrected chi connectivity index (χ4v) is 7.10. The molecule has 0 unspecified atom stereocenters. The van der Waals surface area contributed by atoms with Gasteiger partial charge in [0.25, 0.3) is 0 Å². The average molecular weight is 559 g/mol. The maximum atomic E-state index is 13.3. The highest BCUT2D eigenvalue weighted by Crippen LogP contribution is 2.33. The molecule has 0 radical (unpaired) electrons. The number of para-hydroxylation sites is 1. The normalized spacial score (nSPS) is 23.7. The van der Waals surface area contributed by atoms with Crippen LogP contribution in [0.5, 0.6) is 0 Å². The first-order chi connectivity index (χ1) is 18.4. The van der Waals surface area contributed by atoms with E-state index in [1.165, 1.54) is 28.2 Å². The van der Waals surface area contributed by atoms with Gasteiger partial charge in [-0.3, -0.25) is 14.5 Å². The lowest BCUT2D eigenvalue weighted by Gasteiger charge is -2.26. The van der Waals surface area contributed by atoms with Crippen LogP contribution in [-0.4, -0.2) is 85.4 Å². The van der Waals surface area contributed by atoms with Crippen molar-refractivity contribution < 1.29 is 27.5 Å². The number of ether oxygens (including phenoxy) is 2. The van der Waals surface area contributed by atoms with Crippen molar-refractivity contribution in [2.24, 2.45) is 4.99 Å². The number of morpholine rings is 1. The van der Waals surface area contributed by atoms with Crippen LogP contribution in [0, 0.1) is 0 Å². The van der Waals surface area contributed by atoms with Crippen molar-refractivity contribution in [3.63, 3.8) is 0 Å². The van der Waals surface area contributed by atoms with Gasteiger partial charge in [-0.15, -0.1) is 0 Å². The van der Waals surface area contributed by atoms with E-state index in [2.05, 4.69) is 10.3 Å². The summed E-state index contributed by atoms with van der Waals surface area (Å²) >= 11 is 1.25. The Labute approximate surface area is 226 Å². The Balaban J connectivity index is 1.32. The van der Waals surface area contributed by atoms with E-state index in [9.17, 15) is 18.0 Å². The van der Waals surface area contributed by atoms with Crippen LogP contribution in [0.15, 0.2) is 64.5 Å². The van der Waals surface area contributed by atoms with Crippen molar-refractivity contribution in [3.8, 4) is 0 Å². The van der Waals surface area contributed by atoms with Crippen molar-refractivity contribution in [2.45, 2.75) is 35.5 Å². The van der Waals surface area contributed by atoms with Crippen LogP contribution < -0.4 is 5.32 Å². The highest BCUT2D eigenvalue weighted by atomic mass is 32.2. The van der Waals surface area contributed by atoms with Crippen molar-refractivity contribution in [1.29, 1.82) is 0 Å². The lowest BCUT2D eigenvalue weighted by atomic mass is 10.2. The Kier molecular flexibility index (Phi) is 8.44. The molecule has 202 valence electrons. The maximum absolute atomic E-state index is 13.3. The van der Waals surface area contributed by atoms with E-state index >= 15 is 0 Å². The van der Waals surface area contributed by atoms with E-state index in [4.69, 9.17) is 9.47 Å². The summed E-state index contributed by atoms with van der Waals surface area (Å²) in [6.45, 7) is 2.42. The van der Waals surface area contributed by atoms with E-state index in [1.807, 2.05) is 18.2 Å². The molecule has 5 rings (SSSR count). The van der Waals surface area contributed by atoms with Gasteiger partial charge in [-0.2, -0.15) is 4.31 Å². The Morgan fingerprint density at radius 1 is 1.05 bits per heavy atom. The summed E-state index contributed by atoms with van der Waals surface area (Å²) in [6.07, 6.45) is 1.72. The highest BCUT2D eigenvalue weighted by Gasteiger charge is 2.40. The van der Waals surface area contributed by atoms with Crippen LogP contribution in [0.1, 0.15) is 19.3 Å². The number of carbonyl (C=O) groups excluding carboxylic acids is 2. The van der Waals surface area contributed by atoms with Crippen molar-refractivity contribution in [1.82, 2.24) is 9.21 Å². The van der Waals surface area contributed by atoms with Gasteiger partial charge in [0.15, 0.2) is 5.17 Å². The van der Waals surface area contributed by atoms with Gasteiger partial charge in [0.2, 0.25) is 21.8 Å². The number of hydrogen-bond donors (Lipinski definition) is 1. The molecule has 0 bridgehead atoms. The van der Waals surface area contributed by atoms with Crippen LogP contribution in [0.2, 0.25) is 0 Å². The van der Waals surface area contributed by atoms with E-state index in [1.54, 1.807) is 29.2 Å². The predicted molar refractivity (Wildman–Crippen MR) is 145 cm³/mol. The summed E-state index contributed by atoms with van der Waals surface area (Å²) in [7, 11) is -3.62. The fourth-order valence-electron chi connectivity index (χ4n) is 4.53. The summed E-state index contributed by atoms with van der Waals surface area (Å²) in [6, 6.07) is 15.4. The van der Waals surface area contributed by atoms with Gasteiger partial charge in [-0.05, 0) is 49.2 Å². The molecule has 12 heteroatoms. The number of thioether (sulfide) groups is 1. The molecule has 38 heavy (non-hydrogen) atoms. The molecule has 3 aliphatic rings. The molecule has 2 aromatic rings. The first-order valence-electron chi connectivity index (χ1n) is 12.6. The lowest BCUT2D eigenvalue weighted by molar-refractivity contribution is -0.129. The standard InChI is InChI=1S/C26H30N4O6S2/c31-24(27-19-5-2-1-3-6-19)17-23-25(32)30(18-21-7-4-14-36-21)26(37-23)28-20-8-10-22(11-9-20)38(33,34)29-12-15-35-16-13-29/h1-3,5-6,8-11,21,23H,4,7,12-18H2,(H,27,31)/t21-,23-/m1/s1. The minimum Gasteiger partial charge on any atom is -0.379 e. The Bertz CT molecular complexity index is 1270. The van der Waals surface area contributed by atoms with Crippen molar-refractivity contribution in [3.05, 3.63) is 54.6 Å². The van der Waals surface area contributed by atoms with E-state index < -0.39 is 15.3 Å². The molecule has 3 saturated heterocycles. The minimum atomic E-state index is -3.62. The van der Waals surface area contributed by atoms with Gasteiger partial charge in [0, 0.05) is 31.8 Å². The molecule has 10 nitrogen and oxygen atoms in total. The molecule has 3 aliphatic heterocycles. The second kappa shape index (κ2) is 12.0. The Morgan fingerprint density at radius 3 is 2.47 bits per heavy atom. The topological polar surface area (TPSA) is 118 Å². The molecule has 2 atom stereocenters. The van der Waals surface area contributed by atoms with Crippen LogP contribution in [0.4, 0.5) is 11.4 Å². The fraction of sp³-hybridized carbons (Fsp3) is 0.423. The SMILES string of the molecule is O=C(C[C@H]1SC(=Nc2ccc(S(=O)(=O)N3CCOCC3)cc2)N(C[C@H]2CCCO2)C1=O)Nc1ccccc1. The molecule has 1 N–H and O–H groups in total. The molecule has 2 aromatic carbocycles. The molecule has 3 fully saturated rings. The predicted octanol–water partition coefficient (Wildman–Crippen LogP) is 2.85. The largest absolute Gasteiger partial charge is 0.379 e. The van der Waals surface area contributed by atoms with Crippen LogP contribution in [0.3, 0.4) is 0 Å². The lowest BCUT2D eigenvalue weighted by Crippen LogP contribution is -2.40. The third-order valence-corrected chi connectivity index (χ3v) is 9.62. The number of hydrogen-bond acceptors (Lipinski definition) is 8. The molecular weight excluding hydrogens is 528 g/mol. The number of amides is 2. The quantitative estimate of drug-likeness (QED) is 0.529. The molecule has 2 amide bonds. The number of nitrogens with zero attached hydrogens (tertiary/aromatic N) is 3. The van der Waals surface area contributed by atoms with Crippen molar-refractivity contribution >= 4 is 50.1 Å². The first kappa shape index (κ1) is 26.8. The summed E-state index contributed by atoms with van der Waals surface area (Å²) in [5, 5.41) is 2.70. The van der Waals surface area contributed by atoms with Crippen LogP contribution in [0.25, 0.3) is 0 Å². The van der Waals surface area contributed by atoms with Gasteiger partial charge in [0.05, 0.1) is 36.4 Å². The zero-order chi connectivity index (χ0) is 26.5. The van der Waals surface area contributed by atoms with E-state index in [0.29, 0.717) is 56.0 Å². The summed E-state index contributed by atoms with van der Waals surface area (Å²) in [4.78, 5) is 32.5. The van der Waals surface area contributed by atoms with Crippen LogP contribution >= 0.6 is 11.8 Å². The zero-order valence-corrected chi connectivity index (χ0v) is 22.5. The van der Waals surface area contributed by atoms with Crippen LogP contribution in [-0.2, 0) is 29.1 Å². The second-order valence-electron chi connectivity index (χ2n) is 9.21. The minimum absolute atomic E-state index is 0.0101. The third-order valence-electron chi connectivity index (χ3n) is 6.53. The Morgan fingerprint density at radius 2 is 1.79 bits per heavy atom. The molecule has 0 aromatic heterocycles. The number of carbonyl (C=O) groups is 2. The average Bonchev–Trinajstić information content (AvgIpc) is 3.54. The number of sulfonamides is 1. The Hall–Kier alpha value is -2.77. The first-order valence-corrected chi connectivity index (χ1v) is 14.9. The maximum Gasteiger partial charge on any atom is 0.243 e. The van der Waals surface area contributed by atoms with Crippen molar-refractivity contribution in [2.75, 3.05) is 44.8 Å². The van der Waals surface area contributed by atoms with E-state index in [0.717, 1.165) is 12.8 Å². The summed E-state index contributed by atoms with van der Waals surface area (Å²) < 4.78 is 38.3. The number of rotatable bonds is 8. The number of amidine groups is 1. The van der Waals surface area contributed by atoms with E-state index in [-0.39, 0.29) is 29.2 Å². The van der Waals surface area contributed by atoms with Gasteiger partial charge < -0.3 is 14.8 Å². The zero-order valence-electron chi connectivity index (χ0n) is 20.8. The summed E-state index contributed by atoms with van der Waals surface area (Å²) in [5.74, 6) is -0.433.